The van der Waals surface area contributed by atoms with Gasteiger partial charge in [0.1, 0.15) is 0 Å². The molecule has 0 N–H and O–H groups in total. The zero-order chi connectivity index (χ0) is 22.9. The van der Waals surface area contributed by atoms with Crippen LogP contribution in [-0.2, 0) is 4.74 Å². The summed E-state index contributed by atoms with van der Waals surface area (Å²) in [4.78, 5) is 0. The number of methoxy groups -OCH3 is 1. The average molecular weight is 445 g/mol. The van der Waals surface area contributed by atoms with Crippen molar-refractivity contribution in [3.63, 3.8) is 0 Å². The zero-order valence-corrected chi connectivity index (χ0v) is 21.7. The predicted molar refractivity (Wildman–Crippen MR) is 131 cm³/mol. The molecule has 1 spiro atoms. The predicted octanol–water partition coefficient (Wildman–Crippen LogP) is 8.09. The number of halogens is 1. The normalized spacial score (nSPS) is 51.2. The number of fused-ring (bicyclic) bond motifs is 4. The molecule has 0 aromatic rings. The van der Waals surface area contributed by atoms with Crippen LogP contribution in [0.15, 0.2) is 12.2 Å². The van der Waals surface area contributed by atoms with Crippen molar-refractivity contribution in [2.45, 2.75) is 98.5 Å². The van der Waals surface area contributed by atoms with E-state index in [1.54, 1.807) is 0 Å². The van der Waals surface area contributed by atoms with Gasteiger partial charge in [-0.25, -0.2) is 0 Å². The SMILES string of the molecule is CO[C@@H]1C[C@H]2[C@@H]3CC[C@H]([C@H](C)/C=C/[C@H](CCF)C(C)C)[C@@]3(C)CC[C@@H]2[C@@]2(C)CC[C@H]3C[C@]312. The summed E-state index contributed by atoms with van der Waals surface area (Å²) in [5.41, 5.74) is 1.54. The van der Waals surface area contributed by atoms with Gasteiger partial charge in [-0.3, -0.25) is 4.39 Å². The van der Waals surface area contributed by atoms with Crippen molar-refractivity contribution in [3.8, 4) is 0 Å². The van der Waals surface area contributed by atoms with E-state index in [0.717, 1.165) is 29.6 Å². The van der Waals surface area contributed by atoms with Crippen molar-refractivity contribution in [1.29, 1.82) is 0 Å². The van der Waals surface area contributed by atoms with Crippen molar-refractivity contribution in [1.82, 2.24) is 0 Å². The molecule has 32 heavy (non-hydrogen) atoms. The van der Waals surface area contributed by atoms with Gasteiger partial charge in [0.25, 0.3) is 0 Å². The number of alkyl halides is 1. The average Bonchev–Trinajstić information content (AvgIpc) is 3.27. The molecule has 5 saturated carbocycles. The molecule has 11 atom stereocenters. The Labute approximate surface area is 197 Å². The molecule has 0 saturated heterocycles. The lowest BCUT2D eigenvalue weighted by Crippen LogP contribution is -2.57. The first-order valence-electron chi connectivity index (χ1n) is 14.0. The van der Waals surface area contributed by atoms with E-state index in [0.29, 0.717) is 46.5 Å². The van der Waals surface area contributed by atoms with Crippen LogP contribution in [0.25, 0.3) is 0 Å². The van der Waals surface area contributed by atoms with Crippen LogP contribution in [0.3, 0.4) is 0 Å². The van der Waals surface area contributed by atoms with Crippen LogP contribution in [0.4, 0.5) is 4.39 Å². The second-order valence-electron chi connectivity index (χ2n) is 13.6. The van der Waals surface area contributed by atoms with Gasteiger partial charge in [-0.05, 0) is 116 Å². The maximum atomic E-state index is 13.0. The highest BCUT2D eigenvalue weighted by Crippen LogP contribution is 2.82. The Morgan fingerprint density at radius 1 is 1.00 bits per heavy atom. The summed E-state index contributed by atoms with van der Waals surface area (Å²) in [7, 11) is 2.00. The maximum Gasteiger partial charge on any atom is 0.0900 e. The summed E-state index contributed by atoms with van der Waals surface area (Å²) in [6.07, 6.45) is 17.4. The van der Waals surface area contributed by atoms with Crippen LogP contribution in [0.5, 0.6) is 0 Å². The first-order valence-corrected chi connectivity index (χ1v) is 14.0. The molecule has 2 heteroatoms. The highest BCUT2D eigenvalue weighted by Gasteiger charge is 2.77. The Bertz CT molecular complexity index is 730. The Kier molecular flexibility index (Phi) is 5.91. The minimum absolute atomic E-state index is 0.199. The Hall–Kier alpha value is -0.370. The van der Waals surface area contributed by atoms with Gasteiger partial charge in [0.15, 0.2) is 0 Å². The summed E-state index contributed by atoms with van der Waals surface area (Å²) >= 11 is 0. The largest absolute Gasteiger partial charge is 0.381 e. The molecule has 1 nitrogen and oxygen atoms in total. The molecule has 5 aliphatic carbocycles. The highest BCUT2D eigenvalue weighted by molar-refractivity contribution is 5.26. The van der Waals surface area contributed by atoms with Gasteiger partial charge < -0.3 is 4.74 Å². The Morgan fingerprint density at radius 3 is 2.44 bits per heavy atom. The van der Waals surface area contributed by atoms with Crippen molar-refractivity contribution in [2.24, 2.45) is 63.6 Å². The quantitative estimate of drug-likeness (QED) is 0.360. The topological polar surface area (TPSA) is 9.23 Å². The van der Waals surface area contributed by atoms with Gasteiger partial charge in [0.2, 0.25) is 0 Å². The molecule has 0 bridgehead atoms. The van der Waals surface area contributed by atoms with Crippen molar-refractivity contribution >= 4 is 0 Å². The van der Waals surface area contributed by atoms with E-state index >= 15 is 0 Å². The van der Waals surface area contributed by atoms with Crippen LogP contribution in [-0.4, -0.2) is 19.9 Å². The summed E-state index contributed by atoms with van der Waals surface area (Å²) in [5, 5.41) is 0. The third kappa shape index (κ3) is 3.09. The highest BCUT2D eigenvalue weighted by atomic mass is 19.1. The van der Waals surface area contributed by atoms with Crippen LogP contribution in [0.2, 0.25) is 0 Å². The summed E-state index contributed by atoms with van der Waals surface area (Å²) in [5.74, 6) is 5.92. The monoisotopic (exact) mass is 444 g/mol. The van der Waals surface area contributed by atoms with E-state index in [4.69, 9.17) is 4.74 Å². The van der Waals surface area contributed by atoms with Gasteiger partial charge in [-0.15, -0.1) is 0 Å². The maximum absolute atomic E-state index is 13.0. The molecule has 0 unspecified atom stereocenters. The number of hydrogen-bond donors (Lipinski definition) is 0. The molecule has 0 amide bonds. The van der Waals surface area contributed by atoms with E-state index in [1.807, 2.05) is 7.11 Å². The second kappa shape index (κ2) is 8.10. The minimum atomic E-state index is -0.199. The van der Waals surface area contributed by atoms with Crippen LogP contribution >= 0.6 is 0 Å². The molecule has 5 rings (SSSR count). The number of ether oxygens (including phenoxy) is 1. The molecule has 0 aromatic carbocycles. The fourth-order valence-corrected chi connectivity index (χ4v) is 10.7. The van der Waals surface area contributed by atoms with E-state index < -0.39 is 0 Å². The fourth-order valence-electron chi connectivity index (χ4n) is 10.7. The Balaban J connectivity index is 1.36. The lowest BCUT2D eigenvalue weighted by Gasteiger charge is -2.61. The number of rotatable bonds is 7. The summed E-state index contributed by atoms with van der Waals surface area (Å²) < 4.78 is 19.3. The molecule has 0 aliphatic heterocycles. The molecular weight excluding hydrogens is 395 g/mol. The lowest BCUT2D eigenvalue weighted by molar-refractivity contribution is -0.160. The fraction of sp³-hybridized carbons (Fsp3) is 0.933. The van der Waals surface area contributed by atoms with Crippen molar-refractivity contribution in [2.75, 3.05) is 13.8 Å². The van der Waals surface area contributed by atoms with E-state index in [2.05, 4.69) is 46.8 Å². The van der Waals surface area contributed by atoms with Crippen LogP contribution in [0.1, 0.15) is 92.4 Å². The molecule has 5 aliphatic rings. The molecule has 0 heterocycles. The van der Waals surface area contributed by atoms with Crippen LogP contribution < -0.4 is 0 Å². The number of allylic oxidation sites excluding steroid dienone is 2. The lowest BCUT2D eigenvalue weighted by atomic mass is 9.45. The van der Waals surface area contributed by atoms with E-state index in [9.17, 15) is 4.39 Å². The molecule has 5 fully saturated rings. The van der Waals surface area contributed by atoms with E-state index in [1.165, 1.54) is 51.4 Å². The van der Waals surface area contributed by atoms with Crippen molar-refractivity contribution < 1.29 is 9.13 Å². The molecule has 0 radical (unpaired) electrons. The molecular formula is C30H49FO. The minimum Gasteiger partial charge on any atom is -0.381 e. The van der Waals surface area contributed by atoms with Gasteiger partial charge in [-0.1, -0.05) is 46.8 Å². The first-order chi connectivity index (χ1) is 15.2. The van der Waals surface area contributed by atoms with Gasteiger partial charge in [-0.2, -0.15) is 0 Å². The second-order valence-corrected chi connectivity index (χ2v) is 13.6. The van der Waals surface area contributed by atoms with Gasteiger partial charge >= 0.3 is 0 Å². The molecule has 0 aromatic heterocycles. The Morgan fingerprint density at radius 2 is 1.78 bits per heavy atom. The van der Waals surface area contributed by atoms with Crippen molar-refractivity contribution in [3.05, 3.63) is 12.2 Å². The third-order valence-electron chi connectivity index (χ3n) is 12.5. The summed E-state index contributed by atoms with van der Waals surface area (Å²) in [6.45, 7) is 12.1. The smallest absolute Gasteiger partial charge is 0.0900 e. The first kappa shape index (κ1) is 23.4. The van der Waals surface area contributed by atoms with E-state index in [-0.39, 0.29) is 6.67 Å². The van der Waals surface area contributed by atoms with Gasteiger partial charge in [0.05, 0.1) is 12.8 Å². The standard InChI is InChI=1S/C30H49FO/c1-19(2)21(13-16-31)8-7-20(3)24-9-10-25-23-17-27(32-6)30-18-22(30)11-15-29(30,5)26(23)12-14-28(24,25)4/h7-8,19-27H,9-18H2,1-6H3/b8-7+/t20-,21-,22+,23+,24-,25+,26+,27-,28-,29-,30+/m1/s1. The zero-order valence-electron chi connectivity index (χ0n) is 21.7. The van der Waals surface area contributed by atoms with Crippen LogP contribution in [0, 0.1) is 63.6 Å². The number of hydrogen-bond acceptors (Lipinski definition) is 1. The third-order valence-corrected chi connectivity index (χ3v) is 12.5. The summed E-state index contributed by atoms with van der Waals surface area (Å²) in [6, 6.07) is 0. The molecule has 182 valence electrons. The van der Waals surface area contributed by atoms with Gasteiger partial charge in [0, 0.05) is 12.5 Å².